The Labute approximate surface area is 143 Å². The van der Waals surface area contributed by atoms with Gasteiger partial charge in [-0.05, 0) is 11.1 Å². The number of rotatable bonds is 7. The third kappa shape index (κ3) is 5.12. The highest BCUT2D eigenvalue weighted by Crippen LogP contribution is 2.12. The van der Waals surface area contributed by atoms with Gasteiger partial charge in [0.05, 0.1) is 13.7 Å². The lowest BCUT2D eigenvalue weighted by molar-refractivity contribution is -0.145. The van der Waals surface area contributed by atoms with Crippen molar-refractivity contribution in [3.8, 4) is 12.3 Å². The lowest BCUT2D eigenvalue weighted by atomic mass is 10.1. The van der Waals surface area contributed by atoms with Crippen molar-refractivity contribution in [2.75, 3.05) is 13.7 Å². The molecule has 122 valence electrons. The van der Waals surface area contributed by atoms with Crippen LogP contribution in [-0.2, 0) is 16.1 Å². The number of esters is 1. The Morgan fingerprint density at radius 2 is 1.79 bits per heavy atom. The van der Waals surface area contributed by atoms with Crippen molar-refractivity contribution in [2.24, 2.45) is 0 Å². The van der Waals surface area contributed by atoms with Gasteiger partial charge in [-0.3, -0.25) is 9.69 Å². The van der Waals surface area contributed by atoms with Crippen molar-refractivity contribution in [3.63, 3.8) is 0 Å². The highest BCUT2D eigenvalue weighted by molar-refractivity contribution is 5.79. The van der Waals surface area contributed by atoms with Gasteiger partial charge >= 0.3 is 5.97 Å². The lowest BCUT2D eigenvalue weighted by Crippen LogP contribution is -2.40. The molecular weight excluding hydrogens is 298 g/mol. The van der Waals surface area contributed by atoms with Gasteiger partial charge in [0.25, 0.3) is 0 Å². The SMILES string of the molecule is C#CCN(Cc1ccccc1)C(/C=C/c1ccccc1)C(=O)OC. The highest BCUT2D eigenvalue weighted by Gasteiger charge is 2.23. The molecule has 0 aromatic heterocycles. The van der Waals surface area contributed by atoms with Crippen molar-refractivity contribution in [1.82, 2.24) is 4.90 Å². The largest absolute Gasteiger partial charge is 0.468 e. The fourth-order valence-corrected chi connectivity index (χ4v) is 2.42. The molecule has 3 heteroatoms. The molecule has 1 atom stereocenters. The summed E-state index contributed by atoms with van der Waals surface area (Å²) < 4.78 is 4.97. The number of carbonyl (C=O) groups excluding carboxylic acids is 1. The molecule has 24 heavy (non-hydrogen) atoms. The van der Waals surface area contributed by atoms with Gasteiger partial charge in [0.15, 0.2) is 0 Å². The van der Waals surface area contributed by atoms with Gasteiger partial charge in [-0.15, -0.1) is 6.42 Å². The minimum absolute atomic E-state index is 0.326. The first-order chi connectivity index (χ1) is 11.7. The molecule has 0 aliphatic carbocycles. The molecule has 2 rings (SSSR count). The van der Waals surface area contributed by atoms with Crippen LogP contribution in [0, 0.1) is 12.3 Å². The number of hydrogen-bond acceptors (Lipinski definition) is 3. The van der Waals surface area contributed by atoms with E-state index in [2.05, 4.69) is 5.92 Å². The quantitative estimate of drug-likeness (QED) is 0.579. The van der Waals surface area contributed by atoms with E-state index in [1.165, 1.54) is 7.11 Å². The number of methoxy groups -OCH3 is 1. The standard InChI is InChI=1S/C21H21NO2/c1-3-16-22(17-19-12-8-5-9-13-19)20(21(23)24-2)15-14-18-10-6-4-7-11-18/h1,4-15,20H,16-17H2,2H3/b15-14+. The first kappa shape index (κ1) is 17.5. The van der Waals surface area contributed by atoms with Crippen molar-refractivity contribution >= 4 is 12.0 Å². The molecule has 0 saturated carbocycles. The Bertz CT molecular complexity index is 702. The van der Waals surface area contributed by atoms with Crippen LogP contribution in [0.15, 0.2) is 66.7 Å². The Morgan fingerprint density at radius 3 is 2.38 bits per heavy atom. The van der Waals surface area contributed by atoms with Crippen LogP contribution < -0.4 is 0 Å². The molecule has 0 aliphatic heterocycles. The van der Waals surface area contributed by atoms with E-state index in [1.54, 1.807) is 0 Å². The van der Waals surface area contributed by atoms with Crippen molar-refractivity contribution in [2.45, 2.75) is 12.6 Å². The maximum atomic E-state index is 12.3. The number of nitrogens with zero attached hydrogens (tertiary/aromatic N) is 1. The fraction of sp³-hybridized carbons (Fsp3) is 0.190. The van der Waals surface area contributed by atoms with E-state index in [-0.39, 0.29) is 5.97 Å². The zero-order valence-electron chi connectivity index (χ0n) is 13.8. The third-order valence-electron chi connectivity index (χ3n) is 3.63. The van der Waals surface area contributed by atoms with Crippen LogP contribution in [0.3, 0.4) is 0 Å². The first-order valence-corrected chi connectivity index (χ1v) is 7.77. The molecule has 0 amide bonds. The first-order valence-electron chi connectivity index (χ1n) is 7.77. The predicted molar refractivity (Wildman–Crippen MR) is 97.0 cm³/mol. The maximum Gasteiger partial charge on any atom is 0.327 e. The Morgan fingerprint density at radius 1 is 1.17 bits per heavy atom. The summed E-state index contributed by atoms with van der Waals surface area (Å²) in [5, 5.41) is 0. The molecule has 3 nitrogen and oxygen atoms in total. The molecule has 0 bridgehead atoms. The van der Waals surface area contributed by atoms with E-state index in [9.17, 15) is 4.79 Å². The molecule has 1 unspecified atom stereocenters. The third-order valence-corrected chi connectivity index (χ3v) is 3.63. The summed E-state index contributed by atoms with van der Waals surface area (Å²) in [5.41, 5.74) is 2.11. The molecule has 0 aliphatic rings. The molecule has 2 aromatic carbocycles. The van der Waals surface area contributed by atoms with Gasteiger partial charge < -0.3 is 4.74 Å². The zero-order valence-corrected chi connectivity index (χ0v) is 13.8. The highest BCUT2D eigenvalue weighted by atomic mass is 16.5. The topological polar surface area (TPSA) is 29.5 Å². The summed E-state index contributed by atoms with van der Waals surface area (Å²) in [6, 6.07) is 19.2. The number of benzene rings is 2. The number of hydrogen-bond donors (Lipinski definition) is 0. The van der Waals surface area contributed by atoms with E-state index in [1.807, 2.05) is 77.7 Å². The summed E-state index contributed by atoms with van der Waals surface area (Å²) in [7, 11) is 1.39. The van der Waals surface area contributed by atoms with Crippen LogP contribution in [0.4, 0.5) is 0 Å². The van der Waals surface area contributed by atoms with Gasteiger partial charge in [-0.2, -0.15) is 0 Å². The Balaban J connectivity index is 2.23. The summed E-state index contributed by atoms with van der Waals surface area (Å²) in [4.78, 5) is 14.2. The zero-order chi connectivity index (χ0) is 17.2. The van der Waals surface area contributed by atoms with E-state index in [0.29, 0.717) is 13.1 Å². The molecule has 0 saturated heterocycles. The molecule has 2 aromatic rings. The van der Waals surface area contributed by atoms with Gasteiger partial charge in [0.2, 0.25) is 0 Å². The number of carbonyl (C=O) groups is 1. The lowest BCUT2D eigenvalue weighted by Gasteiger charge is -2.26. The van der Waals surface area contributed by atoms with Crippen LogP contribution in [0.25, 0.3) is 6.08 Å². The summed E-state index contributed by atoms with van der Waals surface area (Å²) >= 11 is 0. The van der Waals surface area contributed by atoms with Gasteiger partial charge in [0, 0.05) is 6.54 Å². The van der Waals surface area contributed by atoms with Crippen molar-refractivity contribution < 1.29 is 9.53 Å². The Kier molecular flexibility index (Phi) is 6.82. The maximum absolute atomic E-state index is 12.3. The van der Waals surface area contributed by atoms with Gasteiger partial charge in [-0.1, -0.05) is 78.7 Å². The minimum Gasteiger partial charge on any atom is -0.468 e. The second-order valence-electron chi connectivity index (χ2n) is 5.33. The van der Waals surface area contributed by atoms with Crippen LogP contribution >= 0.6 is 0 Å². The van der Waals surface area contributed by atoms with E-state index < -0.39 is 6.04 Å². The average Bonchev–Trinajstić information content (AvgIpc) is 2.63. The number of terminal acetylenes is 1. The van der Waals surface area contributed by atoms with Crippen LogP contribution in [0.1, 0.15) is 11.1 Å². The molecular formula is C21H21NO2. The van der Waals surface area contributed by atoms with Crippen LogP contribution in [0.5, 0.6) is 0 Å². The number of ether oxygens (including phenoxy) is 1. The monoisotopic (exact) mass is 319 g/mol. The van der Waals surface area contributed by atoms with Gasteiger partial charge in [-0.25, -0.2) is 0 Å². The molecule has 0 N–H and O–H groups in total. The predicted octanol–water partition coefficient (Wildman–Crippen LogP) is 3.38. The van der Waals surface area contributed by atoms with E-state index in [0.717, 1.165) is 11.1 Å². The average molecular weight is 319 g/mol. The van der Waals surface area contributed by atoms with E-state index >= 15 is 0 Å². The van der Waals surface area contributed by atoms with Crippen molar-refractivity contribution in [3.05, 3.63) is 77.9 Å². The van der Waals surface area contributed by atoms with Crippen LogP contribution in [-0.4, -0.2) is 30.6 Å². The van der Waals surface area contributed by atoms with E-state index in [4.69, 9.17) is 11.2 Å². The summed E-state index contributed by atoms with van der Waals surface area (Å²) in [6.45, 7) is 0.928. The molecule has 0 radical (unpaired) electrons. The Hall–Kier alpha value is -2.83. The molecule has 0 spiro atoms. The van der Waals surface area contributed by atoms with Crippen molar-refractivity contribution in [1.29, 1.82) is 0 Å². The normalized spacial score (nSPS) is 12.0. The van der Waals surface area contributed by atoms with Gasteiger partial charge in [0.1, 0.15) is 6.04 Å². The smallest absolute Gasteiger partial charge is 0.327 e. The minimum atomic E-state index is -0.536. The summed E-state index contributed by atoms with van der Waals surface area (Å²) in [5.74, 6) is 2.30. The molecule has 0 fully saturated rings. The second kappa shape index (κ2) is 9.34. The summed E-state index contributed by atoms with van der Waals surface area (Å²) in [6.07, 6.45) is 9.25. The molecule has 0 heterocycles. The van der Waals surface area contributed by atoms with Crippen LogP contribution in [0.2, 0.25) is 0 Å². The second-order valence-corrected chi connectivity index (χ2v) is 5.33. The fourth-order valence-electron chi connectivity index (χ4n) is 2.42.